The van der Waals surface area contributed by atoms with Gasteiger partial charge in [-0.1, -0.05) is 23.7 Å². The number of benzene rings is 2. The second-order valence-corrected chi connectivity index (χ2v) is 5.90. The fraction of sp³-hybridized carbons (Fsp3) is 0.143. The van der Waals surface area contributed by atoms with Crippen molar-refractivity contribution in [1.29, 1.82) is 0 Å². The average Bonchev–Trinajstić information content (AvgIpc) is 2.41. The molecule has 0 aliphatic heterocycles. The van der Waals surface area contributed by atoms with Gasteiger partial charge in [0.05, 0.1) is 22.2 Å². The Morgan fingerprint density at radius 3 is 2.47 bits per heavy atom. The zero-order chi connectivity index (χ0) is 13.7. The number of hydrogen-bond acceptors (Lipinski definition) is 3. The van der Waals surface area contributed by atoms with E-state index in [9.17, 15) is 4.21 Å². The Labute approximate surface area is 119 Å². The van der Waals surface area contributed by atoms with E-state index < -0.39 is 10.8 Å². The van der Waals surface area contributed by atoms with Crippen molar-refractivity contribution in [3.05, 3.63) is 53.6 Å². The van der Waals surface area contributed by atoms with Crippen LogP contribution in [-0.2, 0) is 10.8 Å². The first-order valence-electron chi connectivity index (χ1n) is 5.78. The molecule has 0 saturated carbocycles. The van der Waals surface area contributed by atoms with E-state index in [1.54, 1.807) is 36.4 Å². The number of halogens is 1. The Hall–Kier alpha value is -1.52. The van der Waals surface area contributed by atoms with Crippen molar-refractivity contribution in [2.24, 2.45) is 0 Å². The number of hydrogen-bond donors (Lipinski definition) is 1. The third-order valence-electron chi connectivity index (χ3n) is 2.52. The van der Waals surface area contributed by atoms with Gasteiger partial charge in [0.1, 0.15) is 12.4 Å². The van der Waals surface area contributed by atoms with E-state index in [1.165, 1.54) is 0 Å². The highest BCUT2D eigenvalue weighted by Crippen LogP contribution is 2.20. The van der Waals surface area contributed by atoms with Crippen LogP contribution < -0.4 is 10.5 Å². The van der Waals surface area contributed by atoms with Gasteiger partial charge in [-0.3, -0.25) is 4.21 Å². The molecule has 1 unspecified atom stereocenters. The first kappa shape index (κ1) is 13.9. The van der Waals surface area contributed by atoms with Gasteiger partial charge in [0.25, 0.3) is 0 Å². The van der Waals surface area contributed by atoms with Crippen LogP contribution in [0.1, 0.15) is 0 Å². The summed E-state index contributed by atoms with van der Waals surface area (Å²) in [5.74, 6) is 1.03. The molecule has 0 aliphatic rings. The second kappa shape index (κ2) is 6.59. The quantitative estimate of drug-likeness (QED) is 0.862. The Bertz CT molecular complexity index is 572. The molecule has 2 aromatic rings. The molecule has 5 heteroatoms. The summed E-state index contributed by atoms with van der Waals surface area (Å²) in [5, 5.41) is 0.633. The summed E-state index contributed by atoms with van der Waals surface area (Å²) < 4.78 is 17.5. The monoisotopic (exact) mass is 295 g/mol. The second-order valence-electron chi connectivity index (χ2n) is 3.89. The third-order valence-corrected chi connectivity index (χ3v) is 4.11. The van der Waals surface area contributed by atoms with Crippen LogP contribution >= 0.6 is 11.6 Å². The van der Waals surface area contributed by atoms with Gasteiger partial charge >= 0.3 is 0 Å². The molecule has 0 aliphatic carbocycles. The maximum Gasteiger partial charge on any atom is 0.142 e. The van der Waals surface area contributed by atoms with E-state index in [1.807, 2.05) is 12.1 Å². The number of nitrogens with two attached hydrogens (primary N) is 1. The fourth-order valence-electron chi connectivity index (χ4n) is 1.54. The van der Waals surface area contributed by atoms with E-state index >= 15 is 0 Å². The summed E-state index contributed by atoms with van der Waals surface area (Å²) in [6.45, 7) is 0.351. The highest BCUT2D eigenvalue weighted by atomic mass is 35.5. The van der Waals surface area contributed by atoms with Gasteiger partial charge in [-0.25, -0.2) is 0 Å². The van der Waals surface area contributed by atoms with E-state index in [4.69, 9.17) is 22.1 Å². The van der Waals surface area contributed by atoms with Crippen LogP contribution in [0.4, 0.5) is 5.69 Å². The molecule has 0 radical (unpaired) electrons. The minimum Gasteiger partial charge on any atom is -0.490 e. The number of nitrogen functional groups attached to an aromatic ring is 1. The summed E-state index contributed by atoms with van der Waals surface area (Å²) in [6.07, 6.45) is 0. The number of para-hydroxylation sites is 2. The molecule has 2 aromatic carbocycles. The maximum absolute atomic E-state index is 12.0. The van der Waals surface area contributed by atoms with Crippen molar-refractivity contribution in [2.45, 2.75) is 4.90 Å². The number of anilines is 1. The van der Waals surface area contributed by atoms with Crippen LogP contribution in [0, 0.1) is 0 Å². The van der Waals surface area contributed by atoms with Crippen molar-refractivity contribution >= 4 is 28.1 Å². The molecule has 2 rings (SSSR count). The largest absolute Gasteiger partial charge is 0.490 e. The molecule has 3 nitrogen and oxygen atoms in total. The first-order valence-corrected chi connectivity index (χ1v) is 7.48. The van der Waals surface area contributed by atoms with E-state index in [-0.39, 0.29) is 0 Å². The lowest BCUT2D eigenvalue weighted by Gasteiger charge is -2.08. The van der Waals surface area contributed by atoms with Gasteiger partial charge < -0.3 is 10.5 Å². The first-order chi connectivity index (χ1) is 9.16. The molecular formula is C14H14ClNO2S. The standard InChI is InChI=1S/C14H14ClNO2S/c15-11-5-7-12(8-6-11)19(17)10-9-18-14-4-2-1-3-13(14)16/h1-8H,9-10,16H2. The van der Waals surface area contributed by atoms with Gasteiger partial charge in [0, 0.05) is 9.92 Å². The van der Waals surface area contributed by atoms with Gasteiger partial charge in [-0.05, 0) is 36.4 Å². The van der Waals surface area contributed by atoms with E-state index in [2.05, 4.69) is 0 Å². The molecule has 100 valence electrons. The molecule has 2 N–H and O–H groups in total. The predicted octanol–water partition coefficient (Wildman–Crippen LogP) is 3.11. The SMILES string of the molecule is Nc1ccccc1OCCS(=O)c1ccc(Cl)cc1. The van der Waals surface area contributed by atoms with E-state index in [0.29, 0.717) is 28.8 Å². The molecule has 0 spiro atoms. The van der Waals surface area contributed by atoms with Crippen LogP contribution in [0.2, 0.25) is 5.02 Å². The van der Waals surface area contributed by atoms with Crippen LogP contribution in [0.3, 0.4) is 0 Å². The van der Waals surface area contributed by atoms with Crippen molar-refractivity contribution in [2.75, 3.05) is 18.1 Å². The van der Waals surface area contributed by atoms with Gasteiger partial charge in [0.2, 0.25) is 0 Å². The van der Waals surface area contributed by atoms with Gasteiger partial charge in [-0.2, -0.15) is 0 Å². The summed E-state index contributed by atoms with van der Waals surface area (Å²) in [6, 6.07) is 14.2. The lowest BCUT2D eigenvalue weighted by atomic mass is 10.3. The zero-order valence-electron chi connectivity index (χ0n) is 10.2. The summed E-state index contributed by atoms with van der Waals surface area (Å²) in [7, 11) is -1.10. The van der Waals surface area contributed by atoms with Crippen LogP contribution in [0.25, 0.3) is 0 Å². The molecule has 0 aromatic heterocycles. The average molecular weight is 296 g/mol. The summed E-state index contributed by atoms with van der Waals surface area (Å²) in [4.78, 5) is 0.744. The molecule has 0 saturated heterocycles. The van der Waals surface area contributed by atoms with Crippen molar-refractivity contribution in [1.82, 2.24) is 0 Å². The Balaban J connectivity index is 1.88. The summed E-state index contributed by atoms with van der Waals surface area (Å²) >= 11 is 5.78. The molecule has 0 fully saturated rings. The summed E-state index contributed by atoms with van der Waals surface area (Å²) in [5.41, 5.74) is 6.33. The van der Waals surface area contributed by atoms with Crippen molar-refractivity contribution in [3.63, 3.8) is 0 Å². The molecule has 0 amide bonds. The molecule has 19 heavy (non-hydrogen) atoms. The molecule has 0 heterocycles. The minimum absolute atomic E-state index is 0.351. The van der Waals surface area contributed by atoms with Gasteiger partial charge in [-0.15, -0.1) is 0 Å². The van der Waals surface area contributed by atoms with E-state index in [0.717, 1.165) is 4.90 Å². The smallest absolute Gasteiger partial charge is 0.142 e. The highest BCUT2D eigenvalue weighted by Gasteiger charge is 2.05. The Morgan fingerprint density at radius 2 is 1.79 bits per heavy atom. The molecule has 1 atom stereocenters. The number of ether oxygens (including phenoxy) is 1. The third kappa shape index (κ3) is 3.98. The van der Waals surface area contributed by atoms with Gasteiger partial charge in [0.15, 0.2) is 0 Å². The highest BCUT2D eigenvalue weighted by molar-refractivity contribution is 7.85. The van der Waals surface area contributed by atoms with Crippen LogP contribution in [0.5, 0.6) is 5.75 Å². The van der Waals surface area contributed by atoms with Crippen molar-refractivity contribution < 1.29 is 8.95 Å². The Kier molecular flexibility index (Phi) is 4.82. The zero-order valence-corrected chi connectivity index (χ0v) is 11.8. The lowest BCUT2D eigenvalue weighted by molar-refractivity contribution is 0.344. The van der Waals surface area contributed by atoms with Crippen LogP contribution in [0.15, 0.2) is 53.4 Å². The fourth-order valence-corrected chi connectivity index (χ4v) is 2.58. The van der Waals surface area contributed by atoms with Crippen LogP contribution in [-0.4, -0.2) is 16.6 Å². The van der Waals surface area contributed by atoms with Crippen molar-refractivity contribution in [3.8, 4) is 5.75 Å². The topological polar surface area (TPSA) is 52.3 Å². The maximum atomic E-state index is 12.0. The lowest BCUT2D eigenvalue weighted by Crippen LogP contribution is -2.09. The predicted molar refractivity (Wildman–Crippen MR) is 79.1 cm³/mol. The Morgan fingerprint density at radius 1 is 1.11 bits per heavy atom. The normalized spacial score (nSPS) is 12.1. The molecular weight excluding hydrogens is 282 g/mol. The molecule has 0 bridgehead atoms. The number of rotatable bonds is 5. The minimum atomic E-state index is -1.10.